The second-order valence-electron chi connectivity index (χ2n) is 2.90. The molecular weight excluding hydrogens is 192 g/mol. The molecule has 4 nitrogen and oxygen atoms in total. The molecule has 0 fully saturated rings. The van der Waals surface area contributed by atoms with Crippen molar-refractivity contribution in [1.29, 1.82) is 0 Å². The molecule has 0 saturated carbocycles. The highest BCUT2D eigenvalue weighted by Gasteiger charge is 2.02. The topological polar surface area (TPSA) is 63.4 Å². The highest BCUT2D eigenvalue weighted by molar-refractivity contribution is 5.92. The van der Waals surface area contributed by atoms with Crippen molar-refractivity contribution >= 4 is 18.3 Å². The van der Waals surface area contributed by atoms with E-state index in [1.807, 2.05) is 30.3 Å². The van der Waals surface area contributed by atoms with Crippen molar-refractivity contribution in [3.8, 4) is 0 Å². The summed E-state index contributed by atoms with van der Waals surface area (Å²) in [7, 11) is 0. The van der Waals surface area contributed by atoms with Gasteiger partial charge >= 0.3 is 0 Å². The van der Waals surface area contributed by atoms with E-state index >= 15 is 0 Å². The third-order valence-corrected chi connectivity index (χ3v) is 1.77. The van der Waals surface area contributed by atoms with Gasteiger partial charge in [-0.3, -0.25) is 9.80 Å². The van der Waals surface area contributed by atoms with Gasteiger partial charge < -0.3 is 4.79 Å². The zero-order valence-corrected chi connectivity index (χ0v) is 8.17. The lowest BCUT2D eigenvalue weighted by Crippen LogP contribution is -2.37. The molecule has 0 radical (unpaired) electrons. The van der Waals surface area contributed by atoms with Crippen LogP contribution in [0.15, 0.2) is 36.4 Å². The van der Waals surface area contributed by atoms with Gasteiger partial charge in [0.25, 0.3) is 5.91 Å². The van der Waals surface area contributed by atoms with Crippen LogP contribution in [0.1, 0.15) is 5.56 Å². The van der Waals surface area contributed by atoms with Crippen molar-refractivity contribution in [2.45, 2.75) is 0 Å². The first-order valence-electron chi connectivity index (χ1n) is 4.47. The van der Waals surface area contributed by atoms with Crippen molar-refractivity contribution < 1.29 is 9.59 Å². The highest BCUT2D eigenvalue weighted by atomic mass is 16.2. The monoisotopic (exact) mass is 204 g/mol. The maximum Gasteiger partial charge on any atom is 0.260 e. The molecule has 4 heteroatoms. The van der Waals surface area contributed by atoms with Gasteiger partial charge in [0.15, 0.2) is 0 Å². The molecule has 2 N–H and O–H groups in total. The van der Waals surface area contributed by atoms with Gasteiger partial charge in [-0.1, -0.05) is 30.3 Å². The summed E-state index contributed by atoms with van der Waals surface area (Å²) in [5, 5.41) is 0.854. The highest BCUT2D eigenvalue weighted by Crippen LogP contribution is 2.00. The van der Waals surface area contributed by atoms with E-state index in [1.54, 1.807) is 6.08 Å². The van der Waals surface area contributed by atoms with Gasteiger partial charge in [-0.15, -0.1) is 0 Å². The van der Waals surface area contributed by atoms with Gasteiger partial charge in [0.1, 0.15) is 6.29 Å². The maximum absolute atomic E-state index is 11.3. The summed E-state index contributed by atoms with van der Waals surface area (Å²) >= 11 is 0. The molecule has 0 aliphatic heterocycles. The molecule has 1 amide bonds. The Hall–Kier alpha value is -1.94. The van der Waals surface area contributed by atoms with Crippen LogP contribution in [0.25, 0.3) is 6.08 Å². The Bertz CT molecular complexity index is 360. The molecule has 1 aromatic rings. The van der Waals surface area contributed by atoms with Gasteiger partial charge in [-0.25, -0.2) is 5.84 Å². The van der Waals surface area contributed by atoms with Crippen molar-refractivity contribution in [3.63, 3.8) is 0 Å². The Kier molecular flexibility index (Phi) is 4.25. The molecule has 0 bridgehead atoms. The third-order valence-electron chi connectivity index (χ3n) is 1.77. The minimum absolute atomic E-state index is 0.0992. The van der Waals surface area contributed by atoms with E-state index < -0.39 is 5.91 Å². The number of hydrazine groups is 1. The number of hydrogen-bond acceptors (Lipinski definition) is 3. The molecule has 1 aromatic carbocycles. The largest absolute Gasteiger partial charge is 0.301 e. The number of amides is 1. The Morgan fingerprint density at radius 3 is 2.60 bits per heavy atom. The molecule has 0 aliphatic carbocycles. The second kappa shape index (κ2) is 5.72. The minimum atomic E-state index is -0.397. The third kappa shape index (κ3) is 3.74. The molecule has 15 heavy (non-hydrogen) atoms. The van der Waals surface area contributed by atoms with E-state index in [0.29, 0.717) is 6.29 Å². The lowest BCUT2D eigenvalue weighted by Gasteiger charge is -2.09. The van der Waals surface area contributed by atoms with Gasteiger partial charge in [-0.2, -0.15) is 0 Å². The maximum atomic E-state index is 11.3. The number of nitrogens with zero attached hydrogens (tertiary/aromatic N) is 1. The van der Waals surface area contributed by atoms with Gasteiger partial charge in [0, 0.05) is 6.08 Å². The van der Waals surface area contributed by atoms with Crippen molar-refractivity contribution in [2.75, 3.05) is 6.54 Å². The molecule has 0 unspecified atom stereocenters. The second-order valence-corrected chi connectivity index (χ2v) is 2.90. The van der Waals surface area contributed by atoms with Crippen LogP contribution in [0.5, 0.6) is 0 Å². The van der Waals surface area contributed by atoms with Crippen molar-refractivity contribution in [1.82, 2.24) is 5.01 Å². The molecule has 78 valence electrons. The van der Waals surface area contributed by atoms with E-state index in [2.05, 4.69) is 0 Å². The summed E-state index contributed by atoms with van der Waals surface area (Å²) in [4.78, 5) is 21.4. The molecule has 1 rings (SSSR count). The lowest BCUT2D eigenvalue weighted by atomic mass is 10.2. The first-order valence-corrected chi connectivity index (χ1v) is 4.47. The Morgan fingerprint density at radius 1 is 1.33 bits per heavy atom. The Labute approximate surface area is 88.0 Å². The fourth-order valence-corrected chi connectivity index (χ4v) is 0.998. The predicted molar refractivity (Wildman–Crippen MR) is 57.4 cm³/mol. The summed E-state index contributed by atoms with van der Waals surface area (Å²) in [6, 6.07) is 9.36. The van der Waals surface area contributed by atoms with Crippen LogP contribution < -0.4 is 5.84 Å². The first-order chi connectivity index (χ1) is 7.24. The van der Waals surface area contributed by atoms with Crippen molar-refractivity contribution in [2.24, 2.45) is 5.84 Å². The zero-order chi connectivity index (χ0) is 11.1. The fourth-order valence-electron chi connectivity index (χ4n) is 0.998. The Morgan fingerprint density at radius 2 is 2.00 bits per heavy atom. The van der Waals surface area contributed by atoms with E-state index in [-0.39, 0.29) is 6.54 Å². The summed E-state index contributed by atoms with van der Waals surface area (Å²) in [6.45, 7) is -0.0992. The molecule has 0 heterocycles. The number of nitrogens with two attached hydrogens (primary N) is 1. The number of carbonyl (C=O) groups is 2. The average molecular weight is 204 g/mol. The van der Waals surface area contributed by atoms with Crippen molar-refractivity contribution in [3.05, 3.63) is 42.0 Å². The smallest absolute Gasteiger partial charge is 0.260 e. The quantitative estimate of drug-likeness (QED) is 0.257. The van der Waals surface area contributed by atoms with E-state index in [0.717, 1.165) is 10.6 Å². The predicted octanol–water partition coefficient (Wildman–Crippen LogP) is 0.601. The normalized spacial score (nSPS) is 10.2. The number of benzene rings is 1. The number of carbonyl (C=O) groups excluding carboxylic acids is 2. The summed E-state index contributed by atoms with van der Waals surface area (Å²) in [5.74, 6) is 4.90. The van der Waals surface area contributed by atoms with Crippen LogP contribution >= 0.6 is 0 Å². The van der Waals surface area contributed by atoms with Gasteiger partial charge in [0.2, 0.25) is 0 Å². The molecule has 0 saturated heterocycles. The minimum Gasteiger partial charge on any atom is -0.301 e. The number of hydrogen-bond donors (Lipinski definition) is 1. The molecule has 0 spiro atoms. The van der Waals surface area contributed by atoms with E-state index in [1.165, 1.54) is 6.08 Å². The summed E-state index contributed by atoms with van der Waals surface area (Å²) in [5.41, 5.74) is 0.908. The standard InChI is InChI=1S/C11H12N2O2/c12-13(8-9-14)11(15)7-6-10-4-2-1-3-5-10/h1-7,9H,8,12H2. The van der Waals surface area contributed by atoms with Crippen LogP contribution in [0.2, 0.25) is 0 Å². The van der Waals surface area contributed by atoms with Crippen LogP contribution in [-0.2, 0) is 9.59 Å². The molecular formula is C11H12N2O2. The average Bonchev–Trinajstić information content (AvgIpc) is 2.27. The molecule has 0 aliphatic rings. The van der Waals surface area contributed by atoms with Crippen LogP contribution in [0.3, 0.4) is 0 Å². The van der Waals surface area contributed by atoms with Crippen LogP contribution in [0.4, 0.5) is 0 Å². The fraction of sp³-hybridized carbons (Fsp3) is 0.0909. The SMILES string of the molecule is NN(CC=O)C(=O)C=Cc1ccccc1. The summed E-state index contributed by atoms with van der Waals surface area (Å²) < 4.78 is 0. The summed E-state index contributed by atoms with van der Waals surface area (Å²) in [6.07, 6.45) is 3.56. The van der Waals surface area contributed by atoms with E-state index in [4.69, 9.17) is 5.84 Å². The number of rotatable bonds is 4. The molecule has 0 aromatic heterocycles. The Balaban J connectivity index is 2.58. The van der Waals surface area contributed by atoms with Gasteiger partial charge in [-0.05, 0) is 11.6 Å². The molecule has 0 atom stereocenters. The lowest BCUT2D eigenvalue weighted by molar-refractivity contribution is -0.128. The number of aldehydes is 1. The van der Waals surface area contributed by atoms with E-state index in [9.17, 15) is 9.59 Å². The van der Waals surface area contributed by atoms with Crippen LogP contribution in [0, 0.1) is 0 Å². The van der Waals surface area contributed by atoms with Crippen LogP contribution in [-0.4, -0.2) is 23.7 Å². The first kappa shape index (κ1) is 11.1. The zero-order valence-electron chi connectivity index (χ0n) is 8.17. The van der Waals surface area contributed by atoms with Gasteiger partial charge in [0.05, 0.1) is 6.54 Å².